The number of aryl methyl sites for hydroxylation is 2. The van der Waals surface area contributed by atoms with Crippen molar-refractivity contribution in [2.24, 2.45) is 0 Å². The molecule has 29 heavy (non-hydrogen) atoms. The van der Waals surface area contributed by atoms with Crippen molar-refractivity contribution in [3.63, 3.8) is 0 Å². The van der Waals surface area contributed by atoms with Crippen molar-refractivity contribution in [2.75, 3.05) is 13.2 Å². The van der Waals surface area contributed by atoms with Crippen LogP contribution in [0.15, 0.2) is 27.9 Å². The van der Waals surface area contributed by atoms with E-state index in [9.17, 15) is 14.4 Å². The molecule has 1 aliphatic heterocycles. The first-order valence-electron chi connectivity index (χ1n) is 9.59. The minimum Gasteiger partial charge on any atom is -0.350 e. The van der Waals surface area contributed by atoms with Gasteiger partial charge in [-0.3, -0.25) is 23.6 Å². The fourth-order valence-corrected chi connectivity index (χ4v) is 4.64. The summed E-state index contributed by atoms with van der Waals surface area (Å²) in [5.41, 5.74) is 1.59. The highest BCUT2D eigenvalue weighted by atomic mass is 32.1. The molecule has 0 bridgehead atoms. The third kappa shape index (κ3) is 3.50. The van der Waals surface area contributed by atoms with E-state index >= 15 is 0 Å². The number of hydrogen-bond acceptors (Lipinski definition) is 6. The van der Waals surface area contributed by atoms with E-state index in [4.69, 9.17) is 9.47 Å². The van der Waals surface area contributed by atoms with Crippen LogP contribution in [0.4, 0.5) is 0 Å². The molecule has 0 spiro atoms. The Morgan fingerprint density at radius 1 is 1.24 bits per heavy atom. The number of aromatic nitrogens is 3. The van der Waals surface area contributed by atoms with Gasteiger partial charge < -0.3 is 14.6 Å². The van der Waals surface area contributed by atoms with Crippen LogP contribution in [0.1, 0.15) is 47.8 Å². The van der Waals surface area contributed by atoms with Crippen LogP contribution in [0, 0.1) is 6.92 Å². The van der Waals surface area contributed by atoms with Crippen LogP contribution in [-0.4, -0.2) is 39.6 Å². The summed E-state index contributed by atoms with van der Waals surface area (Å²) < 4.78 is 14.8. The zero-order chi connectivity index (χ0) is 20.7. The molecule has 8 nitrogen and oxygen atoms in total. The van der Waals surface area contributed by atoms with E-state index in [2.05, 4.69) is 5.10 Å². The Morgan fingerprint density at radius 2 is 1.97 bits per heavy atom. The summed E-state index contributed by atoms with van der Waals surface area (Å²) >= 11 is 1.15. The molecule has 0 radical (unpaired) electrons. The van der Waals surface area contributed by atoms with Crippen molar-refractivity contribution in [2.45, 2.75) is 46.1 Å². The van der Waals surface area contributed by atoms with Crippen LogP contribution in [0.25, 0.3) is 10.2 Å². The monoisotopic (exact) mass is 417 g/mol. The molecular weight excluding hydrogens is 394 g/mol. The highest BCUT2D eigenvalue weighted by Gasteiger charge is 2.23. The van der Waals surface area contributed by atoms with Gasteiger partial charge in [0.2, 0.25) is 5.78 Å². The Balaban J connectivity index is 1.73. The average molecular weight is 417 g/mol. The number of carbonyl (C=O) groups excluding carboxylic acids is 1. The molecule has 1 saturated heterocycles. The lowest BCUT2D eigenvalue weighted by molar-refractivity contribution is -0.0489. The molecule has 0 atom stereocenters. The van der Waals surface area contributed by atoms with Crippen LogP contribution >= 0.6 is 11.3 Å². The number of aromatic amines is 1. The largest absolute Gasteiger partial charge is 0.350 e. The molecule has 9 heteroatoms. The van der Waals surface area contributed by atoms with Gasteiger partial charge in [-0.2, -0.15) is 0 Å². The maximum Gasteiger partial charge on any atom is 0.308 e. The zero-order valence-electron chi connectivity index (χ0n) is 16.6. The molecule has 1 aliphatic rings. The first-order chi connectivity index (χ1) is 13.9. The Labute approximate surface area is 170 Å². The molecule has 154 valence electrons. The number of ketones is 1. The second-order valence-corrected chi connectivity index (χ2v) is 8.34. The number of fused-ring (bicyclic) bond motifs is 1. The van der Waals surface area contributed by atoms with Gasteiger partial charge in [-0.1, -0.05) is 11.3 Å². The second-order valence-electron chi connectivity index (χ2n) is 7.35. The number of hydrogen-bond donors (Lipinski definition) is 1. The van der Waals surface area contributed by atoms with E-state index in [0.717, 1.165) is 21.6 Å². The summed E-state index contributed by atoms with van der Waals surface area (Å²) in [5.74, 6) is -0.349. The third-order valence-electron chi connectivity index (χ3n) is 5.16. The zero-order valence-corrected chi connectivity index (χ0v) is 17.4. The van der Waals surface area contributed by atoms with Gasteiger partial charge in [0.1, 0.15) is 5.56 Å². The molecule has 1 fully saturated rings. The number of nitrogens with one attached hydrogen (secondary N) is 1. The van der Waals surface area contributed by atoms with Crippen molar-refractivity contribution in [1.29, 1.82) is 0 Å². The topological polar surface area (TPSA) is 95.3 Å². The molecule has 0 amide bonds. The van der Waals surface area contributed by atoms with Gasteiger partial charge in [0.15, 0.2) is 6.29 Å². The molecule has 0 aliphatic carbocycles. The van der Waals surface area contributed by atoms with E-state index in [0.29, 0.717) is 37.3 Å². The highest BCUT2D eigenvalue weighted by Crippen LogP contribution is 2.26. The van der Waals surface area contributed by atoms with Crippen molar-refractivity contribution >= 4 is 27.3 Å². The number of benzene rings is 1. The normalized spacial score (nSPS) is 15.0. The molecule has 3 heterocycles. The van der Waals surface area contributed by atoms with Crippen LogP contribution in [0.5, 0.6) is 0 Å². The number of ether oxygens (including phenoxy) is 2. The lowest BCUT2D eigenvalue weighted by Crippen LogP contribution is -2.23. The molecule has 4 rings (SSSR count). The summed E-state index contributed by atoms with van der Waals surface area (Å²) in [7, 11) is 0. The van der Waals surface area contributed by atoms with Gasteiger partial charge in [0, 0.05) is 30.8 Å². The molecule has 0 saturated carbocycles. The van der Waals surface area contributed by atoms with E-state index in [1.165, 1.54) is 10.9 Å². The number of carbonyl (C=O) groups is 1. The average Bonchev–Trinajstić information content (AvgIpc) is 3.39. The predicted molar refractivity (Wildman–Crippen MR) is 110 cm³/mol. The summed E-state index contributed by atoms with van der Waals surface area (Å²) in [4.78, 5) is 38.1. The third-order valence-corrected chi connectivity index (χ3v) is 6.11. The van der Waals surface area contributed by atoms with E-state index in [1.807, 2.05) is 20.8 Å². The van der Waals surface area contributed by atoms with Crippen molar-refractivity contribution < 1.29 is 14.3 Å². The van der Waals surface area contributed by atoms with Gasteiger partial charge in [0.05, 0.1) is 23.4 Å². The minimum atomic E-state index is -0.349. The number of H-pyrrole nitrogens is 1. The molecule has 1 aromatic carbocycles. The standard InChI is InChI=1S/C20H23N3O5S/c1-11(2)23-19(25)14(10-21-23)18(24)13-4-5-15-17(12(13)3)22(20(26)29-15)7-6-16-27-8-9-28-16/h4-5,10-11,16,21H,6-9H2,1-3H3. The van der Waals surface area contributed by atoms with Crippen LogP contribution < -0.4 is 10.4 Å². The summed E-state index contributed by atoms with van der Waals surface area (Å²) in [6.45, 7) is 7.11. The quantitative estimate of drug-likeness (QED) is 0.622. The van der Waals surface area contributed by atoms with E-state index in [-0.39, 0.29) is 34.1 Å². The maximum atomic E-state index is 13.1. The fraction of sp³-hybridized carbons (Fsp3) is 0.450. The number of rotatable bonds is 6. The Hall–Kier alpha value is -2.49. The summed E-state index contributed by atoms with van der Waals surface area (Å²) in [6, 6.07) is 3.39. The number of thiazole rings is 1. The van der Waals surface area contributed by atoms with Crippen molar-refractivity contribution in [1.82, 2.24) is 14.3 Å². The lowest BCUT2D eigenvalue weighted by atomic mass is 10.00. The Morgan fingerprint density at radius 3 is 2.62 bits per heavy atom. The summed E-state index contributed by atoms with van der Waals surface area (Å²) in [6.07, 6.45) is 1.70. The lowest BCUT2D eigenvalue weighted by Gasteiger charge is -2.12. The smallest absolute Gasteiger partial charge is 0.308 e. The van der Waals surface area contributed by atoms with Gasteiger partial charge in [-0.15, -0.1) is 0 Å². The Bertz CT molecular complexity index is 1180. The molecule has 3 aromatic rings. The number of nitrogens with zero attached hydrogens (tertiary/aromatic N) is 2. The SMILES string of the molecule is Cc1c(C(=O)c2c[nH]n(C(C)C)c2=O)ccc2sc(=O)n(CCC3OCCO3)c12. The molecule has 1 N–H and O–H groups in total. The highest BCUT2D eigenvalue weighted by molar-refractivity contribution is 7.16. The van der Waals surface area contributed by atoms with Gasteiger partial charge in [0.25, 0.3) is 5.56 Å². The Kier molecular flexibility index (Phi) is 5.28. The van der Waals surface area contributed by atoms with E-state index < -0.39 is 0 Å². The molecular formula is C20H23N3O5S. The summed E-state index contributed by atoms with van der Waals surface area (Å²) in [5, 5.41) is 2.85. The predicted octanol–water partition coefficient (Wildman–Crippen LogP) is 2.44. The van der Waals surface area contributed by atoms with Gasteiger partial charge in [-0.25, -0.2) is 0 Å². The van der Waals surface area contributed by atoms with Crippen LogP contribution in [-0.2, 0) is 16.0 Å². The van der Waals surface area contributed by atoms with Crippen molar-refractivity contribution in [3.8, 4) is 0 Å². The minimum absolute atomic E-state index is 0.0743. The van der Waals surface area contributed by atoms with Crippen molar-refractivity contribution in [3.05, 3.63) is 55.0 Å². The molecule has 0 unspecified atom stereocenters. The van der Waals surface area contributed by atoms with Gasteiger partial charge in [-0.05, 0) is 38.5 Å². The van der Waals surface area contributed by atoms with E-state index in [1.54, 1.807) is 16.7 Å². The second kappa shape index (κ2) is 7.74. The van der Waals surface area contributed by atoms with Crippen LogP contribution in [0.3, 0.4) is 0 Å². The fourth-order valence-electron chi connectivity index (χ4n) is 3.67. The van der Waals surface area contributed by atoms with Crippen LogP contribution in [0.2, 0.25) is 0 Å². The maximum absolute atomic E-state index is 13.1. The first kappa shape index (κ1) is 19.8. The molecule has 2 aromatic heterocycles. The first-order valence-corrected chi connectivity index (χ1v) is 10.4. The van der Waals surface area contributed by atoms with Gasteiger partial charge >= 0.3 is 4.87 Å².